The molecule has 2 rings (SSSR count). The van der Waals surface area contributed by atoms with Crippen LogP contribution in [-0.4, -0.2) is 25.2 Å². The molecule has 1 aromatic carbocycles. The summed E-state index contributed by atoms with van der Waals surface area (Å²) in [6.45, 7) is 10.6. The molecule has 1 aromatic rings. The van der Waals surface area contributed by atoms with Gasteiger partial charge >= 0.3 is 0 Å². The van der Waals surface area contributed by atoms with Crippen LogP contribution < -0.4 is 10.2 Å². The summed E-state index contributed by atoms with van der Waals surface area (Å²) < 4.78 is 14.2. The van der Waals surface area contributed by atoms with Crippen LogP contribution in [0.4, 0.5) is 10.1 Å². The predicted octanol–water partition coefficient (Wildman–Crippen LogP) is 3.74. The molecular weight excluding hydrogens is 251 g/mol. The second-order valence-corrected chi connectivity index (χ2v) is 6.10. The van der Waals surface area contributed by atoms with E-state index in [2.05, 4.69) is 31.0 Å². The van der Waals surface area contributed by atoms with E-state index in [1.807, 2.05) is 19.1 Å². The number of nitrogens with zero attached hydrogens (tertiary/aromatic N) is 1. The van der Waals surface area contributed by atoms with E-state index in [0.717, 1.165) is 37.2 Å². The van der Waals surface area contributed by atoms with Crippen molar-refractivity contribution in [2.75, 3.05) is 18.0 Å². The minimum absolute atomic E-state index is 0.0935. The second-order valence-electron chi connectivity index (χ2n) is 6.10. The van der Waals surface area contributed by atoms with Crippen molar-refractivity contribution in [3.05, 3.63) is 29.6 Å². The highest BCUT2D eigenvalue weighted by Gasteiger charge is 2.33. The van der Waals surface area contributed by atoms with Crippen molar-refractivity contribution in [2.45, 2.75) is 52.6 Å². The molecular formula is C17H27FN2. The lowest BCUT2D eigenvalue weighted by Crippen LogP contribution is -2.53. The van der Waals surface area contributed by atoms with Crippen molar-refractivity contribution >= 4 is 5.69 Å². The standard InChI is InChI=1S/C17H27FN2/c1-5-9-19-16-8-10-20(14(4)13(16)3)17-7-6-12(2)11-15(17)18/h6-7,11,13-14,16,19H,5,8-10H2,1-4H3. The maximum Gasteiger partial charge on any atom is 0.146 e. The predicted molar refractivity (Wildman–Crippen MR) is 83.8 cm³/mol. The Balaban J connectivity index is 2.11. The topological polar surface area (TPSA) is 15.3 Å². The first-order valence-corrected chi connectivity index (χ1v) is 7.80. The van der Waals surface area contributed by atoms with E-state index in [-0.39, 0.29) is 5.82 Å². The van der Waals surface area contributed by atoms with Gasteiger partial charge in [0.05, 0.1) is 5.69 Å². The molecule has 0 amide bonds. The fourth-order valence-electron chi connectivity index (χ4n) is 3.17. The van der Waals surface area contributed by atoms with Crippen LogP contribution in [0, 0.1) is 18.7 Å². The Kier molecular flexibility index (Phi) is 5.03. The fourth-order valence-corrected chi connectivity index (χ4v) is 3.17. The first-order valence-electron chi connectivity index (χ1n) is 7.80. The summed E-state index contributed by atoms with van der Waals surface area (Å²) >= 11 is 0. The molecule has 3 heteroatoms. The van der Waals surface area contributed by atoms with Crippen LogP contribution in [-0.2, 0) is 0 Å². The summed E-state index contributed by atoms with van der Waals surface area (Å²) in [7, 11) is 0. The lowest BCUT2D eigenvalue weighted by atomic mass is 9.86. The highest BCUT2D eigenvalue weighted by atomic mass is 19.1. The van der Waals surface area contributed by atoms with Gasteiger partial charge in [0.1, 0.15) is 5.82 Å². The average Bonchev–Trinajstić information content (AvgIpc) is 2.41. The SMILES string of the molecule is CCCNC1CCN(c2ccc(C)cc2F)C(C)C1C. The number of rotatable bonds is 4. The fraction of sp³-hybridized carbons (Fsp3) is 0.647. The number of anilines is 1. The van der Waals surface area contributed by atoms with Crippen LogP contribution in [0.15, 0.2) is 18.2 Å². The highest BCUT2D eigenvalue weighted by Crippen LogP contribution is 2.30. The van der Waals surface area contributed by atoms with Gasteiger partial charge in [-0.25, -0.2) is 4.39 Å². The summed E-state index contributed by atoms with van der Waals surface area (Å²) in [5.74, 6) is 0.431. The lowest BCUT2D eigenvalue weighted by molar-refractivity contribution is 0.270. The number of hydrogen-bond acceptors (Lipinski definition) is 2. The molecule has 0 radical (unpaired) electrons. The molecule has 112 valence electrons. The Morgan fingerprint density at radius 1 is 1.35 bits per heavy atom. The van der Waals surface area contributed by atoms with E-state index in [9.17, 15) is 4.39 Å². The largest absolute Gasteiger partial charge is 0.366 e. The number of benzene rings is 1. The molecule has 20 heavy (non-hydrogen) atoms. The van der Waals surface area contributed by atoms with Crippen molar-refractivity contribution in [3.63, 3.8) is 0 Å². The van der Waals surface area contributed by atoms with Gasteiger partial charge < -0.3 is 10.2 Å². The van der Waals surface area contributed by atoms with E-state index < -0.39 is 0 Å². The average molecular weight is 278 g/mol. The molecule has 1 N–H and O–H groups in total. The first-order chi connectivity index (χ1) is 9.54. The molecule has 0 bridgehead atoms. The van der Waals surface area contributed by atoms with Gasteiger partial charge in [-0.05, 0) is 56.8 Å². The van der Waals surface area contributed by atoms with Gasteiger partial charge in [-0.15, -0.1) is 0 Å². The van der Waals surface area contributed by atoms with Crippen molar-refractivity contribution in [2.24, 2.45) is 5.92 Å². The van der Waals surface area contributed by atoms with Crippen LogP contribution in [0.2, 0.25) is 0 Å². The summed E-state index contributed by atoms with van der Waals surface area (Å²) in [6.07, 6.45) is 2.24. The minimum Gasteiger partial charge on any atom is -0.366 e. The van der Waals surface area contributed by atoms with Gasteiger partial charge in [0.25, 0.3) is 0 Å². The van der Waals surface area contributed by atoms with Gasteiger partial charge in [0.15, 0.2) is 0 Å². The molecule has 1 saturated heterocycles. The Labute approximate surface area is 122 Å². The summed E-state index contributed by atoms with van der Waals surface area (Å²) in [5.41, 5.74) is 1.73. The van der Waals surface area contributed by atoms with Gasteiger partial charge in [0, 0.05) is 18.6 Å². The van der Waals surface area contributed by atoms with Crippen molar-refractivity contribution in [1.29, 1.82) is 0 Å². The zero-order valence-electron chi connectivity index (χ0n) is 13.1. The molecule has 3 atom stereocenters. The minimum atomic E-state index is -0.0935. The molecule has 1 aliphatic heterocycles. The Morgan fingerprint density at radius 2 is 2.10 bits per heavy atom. The quantitative estimate of drug-likeness (QED) is 0.902. The van der Waals surface area contributed by atoms with Gasteiger partial charge in [0.2, 0.25) is 0 Å². The van der Waals surface area contributed by atoms with Crippen LogP contribution in [0.5, 0.6) is 0 Å². The molecule has 1 aliphatic rings. The second kappa shape index (κ2) is 6.57. The van der Waals surface area contributed by atoms with E-state index in [0.29, 0.717) is 18.0 Å². The third-order valence-corrected chi connectivity index (χ3v) is 4.64. The molecule has 1 fully saturated rings. The monoisotopic (exact) mass is 278 g/mol. The maximum absolute atomic E-state index is 14.2. The first kappa shape index (κ1) is 15.3. The third-order valence-electron chi connectivity index (χ3n) is 4.64. The van der Waals surface area contributed by atoms with E-state index >= 15 is 0 Å². The molecule has 0 aliphatic carbocycles. The van der Waals surface area contributed by atoms with Crippen LogP contribution >= 0.6 is 0 Å². The van der Waals surface area contributed by atoms with Gasteiger partial charge in [-0.2, -0.15) is 0 Å². The maximum atomic E-state index is 14.2. The van der Waals surface area contributed by atoms with Crippen molar-refractivity contribution in [1.82, 2.24) is 5.32 Å². The molecule has 2 nitrogen and oxygen atoms in total. The van der Waals surface area contributed by atoms with Gasteiger partial charge in [-0.1, -0.05) is 19.9 Å². The number of aryl methyl sites for hydroxylation is 1. The Hall–Kier alpha value is -1.09. The number of halogens is 1. The zero-order valence-corrected chi connectivity index (χ0v) is 13.1. The Bertz CT molecular complexity index is 447. The van der Waals surface area contributed by atoms with Crippen LogP contribution in [0.25, 0.3) is 0 Å². The van der Waals surface area contributed by atoms with Crippen molar-refractivity contribution < 1.29 is 4.39 Å². The summed E-state index contributed by atoms with van der Waals surface area (Å²) in [5, 5.41) is 3.63. The lowest BCUT2D eigenvalue weighted by Gasteiger charge is -2.44. The molecule has 0 aromatic heterocycles. The third kappa shape index (κ3) is 3.14. The number of hydrogen-bond donors (Lipinski definition) is 1. The molecule has 0 spiro atoms. The Morgan fingerprint density at radius 3 is 2.75 bits per heavy atom. The zero-order chi connectivity index (χ0) is 14.7. The highest BCUT2D eigenvalue weighted by molar-refractivity contribution is 5.50. The number of nitrogens with one attached hydrogen (secondary N) is 1. The van der Waals surface area contributed by atoms with Crippen molar-refractivity contribution in [3.8, 4) is 0 Å². The summed E-state index contributed by atoms with van der Waals surface area (Å²) in [6, 6.07) is 6.46. The van der Waals surface area contributed by atoms with Crippen LogP contribution in [0.1, 0.15) is 39.2 Å². The molecule has 1 heterocycles. The normalized spacial score (nSPS) is 26.9. The van der Waals surface area contributed by atoms with E-state index in [1.165, 1.54) is 0 Å². The van der Waals surface area contributed by atoms with Gasteiger partial charge in [-0.3, -0.25) is 0 Å². The number of piperidine rings is 1. The molecule has 0 saturated carbocycles. The smallest absolute Gasteiger partial charge is 0.146 e. The van der Waals surface area contributed by atoms with Crippen LogP contribution in [0.3, 0.4) is 0 Å². The summed E-state index contributed by atoms with van der Waals surface area (Å²) in [4.78, 5) is 2.23. The molecule has 3 unspecified atom stereocenters. The van der Waals surface area contributed by atoms with E-state index in [4.69, 9.17) is 0 Å². The van der Waals surface area contributed by atoms with E-state index in [1.54, 1.807) is 6.07 Å².